The molecule has 0 spiro atoms. The van der Waals surface area contributed by atoms with Gasteiger partial charge in [0.1, 0.15) is 12.1 Å². The summed E-state index contributed by atoms with van der Waals surface area (Å²) in [4.78, 5) is 10.1. The van der Waals surface area contributed by atoms with Crippen molar-refractivity contribution in [3.63, 3.8) is 0 Å². The van der Waals surface area contributed by atoms with Gasteiger partial charge in [0.05, 0.1) is 24.6 Å². The molecule has 0 unspecified atom stereocenters. The third-order valence-corrected chi connectivity index (χ3v) is 5.10. The number of thiophene rings is 1. The first-order valence-electron chi connectivity index (χ1n) is 7.81. The molecule has 0 aliphatic heterocycles. The maximum atomic E-state index is 5.15. The van der Waals surface area contributed by atoms with E-state index >= 15 is 0 Å². The molecule has 0 fully saturated rings. The highest BCUT2D eigenvalue weighted by Gasteiger charge is 2.07. The summed E-state index contributed by atoms with van der Waals surface area (Å²) in [6.45, 7) is 2.91. The summed E-state index contributed by atoms with van der Waals surface area (Å²) in [5.74, 6) is 0.877. The van der Waals surface area contributed by atoms with Crippen LogP contribution in [0.2, 0.25) is 0 Å². The van der Waals surface area contributed by atoms with E-state index in [1.807, 2.05) is 12.1 Å². The molecule has 3 aromatic heterocycles. The molecule has 120 valence electrons. The molecular weight excluding hydrogens is 318 g/mol. The number of rotatable bonds is 5. The van der Waals surface area contributed by atoms with Crippen LogP contribution in [0.4, 0.5) is 5.82 Å². The lowest BCUT2D eigenvalue weighted by molar-refractivity contribution is 0.564. The molecule has 0 radical (unpaired) electrons. The number of hydrogen-bond acceptors (Lipinski definition) is 5. The van der Waals surface area contributed by atoms with Crippen molar-refractivity contribution in [1.29, 1.82) is 0 Å². The van der Waals surface area contributed by atoms with Crippen LogP contribution in [0, 0.1) is 6.92 Å². The van der Waals surface area contributed by atoms with Crippen LogP contribution in [0.1, 0.15) is 21.6 Å². The number of nitrogens with zero attached hydrogens (tertiary/aromatic N) is 2. The smallest absolute Gasteiger partial charge is 0.137 e. The predicted molar refractivity (Wildman–Crippen MR) is 97.4 cm³/mol. The van der Waals surface area contributed by atoms with E-state index in [0.717, 1.165) is 35.2 Å². The van der Waals surface area contributed by atoms with Crippen LogP contribution >= 0.6 is 11.3 Å². The van der Waals surface area contributed by atoms with Crippen molar-refractivity contribution in [1.82, 2.24) is 9.97 Å². The molecular formula is C19H17N3OS. The molecule has 4 nitrogen and oxygen atoms in total. The third-order valence-electron chi connectivity index (χ3n) is 4.07. The fourth-order valence-electron chi connectivity index (χ4n) is 2.73. The molecule has 4 rings (SSSR count). The Kier molecular flexibility index (Phi) is 4.01. The molecule has 4 aromatic rings. The number of fused-ring (bicyclic) bond motifs is 1. The molecule has 0 atom stereocenters. The summed E-state index contributed by atoms with van der Waals surface area (Å²) in [6.07, 6.45) is 5.94. The lowest BCUT2D eigenvalue weighted by atomic mass is 10.1. The van der Waals surface area contributed by atoms with E-state index in [0.29, 0.717) is 0 Å². The minimum atomic E-state index is 0.779. The summed E-state index contributed by atoms with van der Waals surface area (Å²) in [6, 6.07) is 10.4. The maximum Gasteiger partial charge on any atom is 0.137 e. The monoisotopic (exact) mass is 335 g/mol. The molecule has 24 heavy (non-hydrogen) atoms. The van der Waals surface area contributed by atoms with Crippen LogP contribution in [0.5, 0.6) is 0 Å². The summed E-state index contributed by atoms with van der Waals surface area (Å²) >= 11 is 1.76. The average Bonchev–Trinajstić information content (AvgIpc) is 3.25. The number of aryl methyl sites for hydroxylation is 1. The van der Waals surface area contributed by atoms with Gasteiger partial charge < -0.3 is 9.73 Å². The van der Waals surface area contributed by atoms with Gasteiger partial charge in [-0.05, 0) is 53.3 Å². The van der Waals surface area contributed by atoms with E-state index in [-0.39, 0.29) is 0 Å². The number of furan rings is 1. The highest BCUT2D eigenvalue weighted by atomic mass is 32.1. The average molecular weight is 335 g/mol. The van der Waals surface area contributed by atoms with Crippen LogP contribution < -0.4 is 5.32 Å². The summed E-state index contributed by atoms with van der Waals surface area (Å²) in [7, 11) is 0. The molecule has 0 aliphatic rings. The Morgan fingerprint density at radius 3 is 2.88 bits per heavy atom. The molecule has 0 aliphatic carbocycles. The van der Waals surface area contributed by atoms with Gasteiger partial charge in [-0.3, -0.25) is 0 Å². The molecule has 0 saturated carbocycles. The first kappa shape index (κ1) is 14.9. The van der Waals surface area contributed by atoms with E-state index in [9.17, 15) is 0 Å². The Hall–Kier alpha value is -2.66. The number of hydrogen-bond donors (Lipinski definition) is 1. The maximum absolute atomic E-state index is 5.15. The number of anilines is 1. The molecule has 5 heteroatoms. The number of aromatic nitrogens is 2. The quantitative estimate of drug-likeness (QED) is 0.569. The summed E-state index contributed by atoms with van der Waals surface area (Å²) in [5.41, 5.74) is 4.64. The van der Waals surface area contributed by atoms with Crippen LogP contribution in [0.3, 0.4) is 0 Å². The molecule has 0 saturated heterocycles. The first-order valence-corrected chi connectivity index (χ1v) is 8.69. The van der Waals surface area contributed by atoms with E-state index in [4.69, 9.17) is 4.42 Å². The van der Waals surface area contributed by atoms with Crippen molar-refractivity contribution in [2.75, 3.05) is 5.32 Å². The van der Waals surface area contributed by atoms with Gasteiger partial charge in [0.25, 0.3) is 0 Å². The van der Waals surface area contributed by atoms with Gasteiger partial charge in [-0.2, -0.15) is 0 Å². The zero-order valence-corrected chi connectivity index (χ0v) is 14.1. The molecule has 1 N–H and O–H groups in total. The zero-order chi connectivity index (χ0) is 16.4. The van der Waals surface area contributed by atoms with Gasteiger partial charge >= 0.3 is 0 Å². The standard InChI is InChI=1S/C19H17N3OS/c1-13-5-7-24-18(13)10-20-19-16-9-14(8-15-4-6-23-11-15)2-3-17(16)21-12-22-19/h2-7,9,11-12H,8,10H2,1H3,(H,20,21,22). The Labute approximate surface area is 144 Å². The molecule has 0 amide bonds. The predicted octanol–water partition coefficient (Wildman–Crippen LogP) is 4.80. The van der Waals surface area contributed by atoms with Gasteiger partial charge in [0.15, 0.2) is 0 Å². The van der Waals surface area contributed by atoms with Crippen LogP contribution in [0.25, 0.3) is 10.9 Å². The van der Waals surface area contributed by atoms with E-state index < -0.39 is 0 Å². The highest BCUT2D eigenvalue weighted by Crippen LogP contribution is 2.24. The normalized spacial score (nSPS) is 11.0. The van der Waals surface area contributed by atoms with Crippen molar-refractivity contribution in [2.45, 2.75) is 19.9 Å². The molecule has 1 aromatic carbocycles. The van der Waals surface area contributed by atoms with Crippen molar-refractivity contribution < 1.29 is 4.42 Å². The SMILES string of the molecule is Cc1ccsc1CNc1ncnc2ccc(Cc3ccoc3)cc12. The summed E-state index contributed by atoms with van der Waals surface area (Å²) in [5, 5.41) is 6.63. The zero-order valence-electron chi connectivity index (χ0n) is 13.3. The van der Waals surface area contributed by atoms with Crippen molar-refractivity contribution >= 4 is 28.1 Å². The fourth-order valence-corrected chi connectivity index (χ4v) is 3.58. The third kappa shape index (κ3) is 3.03. The van der Waals surface area contributed by atoms with Gasteiger partial charge in [-0.25, -0.2) is 9.97 Å². The van der Waals surface area contributed by atoms with Crippen molar-refractivity contribution in [2.24, 2.45) is 0 Å². The van der Waals surface area contributed by atoms with Gasteiger partial charge in [0.2, 0.25) is 0 Å². The minimum Gasteiger partial charge on any atom is -0.472 e. The van der Waals surface area contributed by atoms with Crippen molar-refractivity contribution in [3.05, 3.63) is 76.1 Å². The minimum absolute atomic E-state index is 0.779. The Balaban J connectivity index is 1.63. The highest BCUT2D eigenvalue weighted by molar-refractivity contribution is 7.10. The van der Waals surface area contributed by atoms with Crippen LogP contribution in [-0.2, 0) is 13.0 Å². The second-order valence-corrected chi connectivity index (χ2v) is 6.76. The van der Waals surface area contributed by atoms with Gasteiger partial charge in [0, 0.05) is 16.7 Å². The van der Waals surface area contributed by atoms with Crippen LogP contribution in [-0.4, -0.2) is 9.97 Å². The van der Waals surface area contributed by atoms with E-state index in [1.54, 1.807) is 30.2 Å². The van der Waals surface area contributed by atoms with Crippen LogP contribution in [0.15, 0.2) is 59.0 Å². The summed E-state index contributed by atoms with van der Waals surface area (Å²) < 4.78 is 5.15. The van der Waals surface area contributed by atoms with E-state index in [2.05, 4.69) is 45.8 Å². The topological polar surface area (TPSA) is 51.0 Å². The number of benzene rings is 1. The van der Waals surface area contributed by atoms with Gasteiger partial charge in [-0.15, -0.1) is 11.3 Å². The Bertz CT molecular complexity index is 960. The van der Waals surface area contributed by atoms with Gasteiger partial charge in [-0.1, -0.05) is 6.07 Å². The second-order valence-electron chi connectivity index (χ2n) is 5.76. The molecule has 3 heterocycles. The Morgan fingerprint density at radius 1 is 1.12 bits per heavy atom. The number of nitrogens with one attached hydrogen (secondary N) is 1. The lowest BCUT2D eigenvalue weighted by Gasteiger charge is -2.09. The second kappa shape index (κ2) is 6.45. The fraction of sp³-hybridized carbons (Fsp3) is 0.158. The van der Waals surface area contributed by atoms with Crippen molar-refractivity contribution in [3.8, 4) is 0 Å². The lowest BCUT2D eigenvalue weighted by Crippen LogP contribution is -2.02. The molecule has 0 bridgehead atoms. The Morgan fingerprint density at radius 2 is 2.08 bits per heavy atom. The first-order chi connectivity index (χ1) is 11.8. The van der Waals surface area contributed by atoms with E-state index in [1.165, 1.54) is 16.0 Å². The largest absolute Gasteiger partial charge is 0.472 e.